The van der Waals surface area contributed by atoms with Crippen LogP contribution < -0.4 is 5.32 Å². The minimum atomic E-state index is 0.0897. The summed E-state index contributed by atoms with van der Waals surface area (Å²) >= 11 is 5.17. The van der Waals surface area contributed by atoms with Crippen molar-refractivity contribution in [3.8, 4) is 0 Å². The van der Waals surface area contributed by atoms with Gasteiger partial charge in [-0.05, 0) is 48.4 Å². The Morgan fingerprint density at radius 2 is 1.52 bits per heavy atom. The first-order valence-electron chi connectivity index (χ1n) is 8.78. The molecule has 1 unspecified atom stereocenters. The van der Waals surface area contributed by atoms with Gasteiger partial charge in [0.15, 0.2) is 5.78 Å². The summed E-state index contributed by atoms with van der Waals surface area (Å²) in [6.45, 7) is 0. The van der Waals surface area contributed by atoms with Gasteiger partial charge in [0.25, 0.3) is 0 Å². The Balaban J connectivity index is 1.66. The summed E-state index contributed by atoms with van der Waals surface area (Å²) in [5, 5.41) is 4.65. The summed E-state index contributed by atoms with van der Waals surface area (Å²) in [6, 6.07) is 28.0. The lowest BCUT2D eigenvalue weighted by Gasteiger charge is -2.11. The highest BCUT2D eigenvalue weighted by molar-refractivity contribution is 9.10. The fourth-order valence-corrected chi connectivity index (χ4v) is 4.70. The van der Waals surface area contributed by atoms with E-state index in [2.05, 4.69) is 45.5 Å². The van der Waals surface area contributed by atoms with Gasteiger partial charge in [-0.2, -0.15) is 0 Å². The number of carbonyl (C=O) groups excluding carboxylic acids is 1. The lowest BCUT2D eigenvalue weighted by atomic mass is 9.98. The Kier molecular flexibility index (Phi) is 5.46. The van der Waals surface area contributed by atoms with E-state index >= 15 is 0 Å². The summed E-state index contributed by atoms with van der Waals surface area (Å²) in [7, 11) is 0. The Morgan fingerprint density at radius 3 is 2.19 bits per heavy atom. The number of benzene rings is 3. The number of nitrogens with one attached hydrogen (secondary N) is 1. The molecule has 4 rings (SSSR count). The van der Waals surface area contributed by atoms with Crippen molar-refractivity contribution in [1.29, 1.82) is 0 Å². The Bertz CT molecular complexity index is 968. The SMILES string of the molecule is O=C(C1=C(Nc2ccccc2)SC(c2ccccc2)C1)c1ccc(Br)cc1. The predicted molar refractivity (Wildman–Crippen MR) is 117 cm³/mol. The zero-order valence-corrected chi connectivity index (χ0v) is 17.0. The van der Waals surface area contributed by atoms with Crippen molar-refractivity contribution >= 4 is 39.2 Å². The van der Waals surface area contributed by atoms with E-state index < -0.39 is 0 Å². The van der Waals surface area contributed by atoms with Crippen LogP contribution in [-0.2, 0) is 0 Å². The second-order valence-electron chi connectivity index (χ2n) is 6.36. The number of thioether (sulfide) groups is 1. The van der Waals surface area contributed by atoms with Crippen molar-refractivity contribution < 1.29 is 4.79 Å². The summed E-state index contributed by atoms with van der Waals surface area (Å²) in [5.41, 5.74) is 3.80. The number of hydrogen-bond acceptors (Lipinski definition) is 3. The molecular formula is C23H18BrNOS. The number of para-hydroxylation sites is 1. The van der Waals surface area contributed by atoms with Crippen LogP contribution in [0.1, 0.15) is 27.6 Å². The molecule has 0 saturated carbocycles. The molecular weight excluding hydrogens is 418 g/mol. The molecule has 0 bridgehead atoms. The predicted octanol–water partition coefficient (Wildman–Crippen LogP) is 6.83. The van der Waals surface area contributed by atoms with Crippen molar-refractivity contribution in [2.75, 3.05) is 5.32 Å². The van der Waals surface area contributed by atoms with E-state index in [0.717, 1.165) is 32.7 Å². The standard InChI is InChI=1S/C23H18BrNOS/c24-18-13-11-17(12-14-18)22(26)20-15-21(16-7-3-1-4-8-16)27-23(20)25-19-9-5-2-6-10-19/h1-14,21,25H,15H2. The zero-order valence-electron chi connectivity index (χ0n) is 14.6. The van der Waals surface area contributed by atoms with Crippen LogP contribution in [0.15, 0.2) is 100 Å². The van der Waals surface area contributed by atoms with E-state index in [1.165, 1.54) is 5.56 Å². The third-order valence-electron chi connectivity index (χ3n) is 4.51. The molecule has 0 aliphatic carbocycles. The van der Waals surface area contributed by atoms with Gasteiger partial charge in [0.1, 0.15) is 0 Å². The van der Waals surface area contributed by atoms with Crippen LogP contribution in [0.3, 0.4) is 0 Å². The number of carbonyl (C=O) groups is 1. The van der Waals surface area contributed by atoms with Gasteiger partial charge in [-0.3, -0.25) is 4.79 Å². The first-order chi connectivity index (χ1) is 13.2. The number of rotatable bonds is 5. The summed E-state index contributed by atoms with van der Waals surface area (Å²) in [4.78, 5) is 13.2. The molecule has 1 aliphatic heterocycles. The molecule has 0 spiro atoms. The van der Waals surface area contributed by atoms with Crippen molar-refractivity contribution in [1.82, 2.24) is 0 Å². The number of Topliss-reactive ketones (excluding diaryl/α,β-unsaturated/α-hetero) is 1. The molecule has 1 atom stereocenters. The smallest absolute Gasteiger partial charge is 0.191 e. The maximum absolute atomic E-state index is 13.2. The second kappa shape index (κ2) is 8.15. The van der Waals surface area contributed by atoms with Gasteiger partial charge in [0, 0.05) is 26.5 Å². The number of hydrogen-bond donors (Lipinski definition) is 1. The number of halogens is 1. The van der Waals surface area contributed by atoms with Gasteiger partial charge in [-0.1, -0.05) is 76.2 Å². The largest absolute Gasteiger partial charge is 0.350 e. The lowest BCUT2D eigenvalue weighted by molar-refractivity contribution is 0.103. The normalized spacial score (nSPS) is 16.4. The van der Waals surface area contributed by atoms with Crippen LogP contribution >= 0.6 is 27.7 Å². The maximum atomic E-state index is 13.2. The second-order valence-corrected chi connectivity index (χ2v) is 8.48. The quantitative estimate of drug-likeness (QED) is 0.445. The molecule has 2 nitrogen and oxygen atoms in total. The minimum Gasteiger partial charge on any atom is -0.350 e. The number of ketones is 1. The van der Waals surface area contributed by atoms with Crippen LogP contribution in [0, 0.1) is 0 Å². The minimum absolute atomic E-state index is 0.0897. The molecule has 1 N–H and O–H groups in total. The highest BCUT2D eigenvalue weighted by Gasteiger charge is 2.31. The molecule has 1 heterocycles. The van der Waals surface area contributed by atoms with Crippen LogP contribution in [0.4, 0.5) is 5.69 Å². The third kappa shape index (κ3) is 4.18. The maximum Gasteiger partial charge on any atom is 0.191 e. The molecule has 134 valence electrons. The van der Waals surface area contributed by atoms with E-state index in [4.69, 9.17) is 0 Å². The summed E-state index contributed by atoms with van der Waals surface area (Å²) in [5.74, 6) is 0.0897. The zero-order chi connectivity index (χ0) is 18.6. The van der Waals surface area contributed by atoms with Crippen molar-refractivity contribution in [3.05, 3.63) is 111 Å². The molecule has 1 aliphatic rings. The summed E-state index contributed by atoms with van der Waals surface area (Å²) in [6.07, 6.45) is 0.721. The van der Waals surface area contributed by atoms with Gasteiger partial charge in [-0.25, -0.2) is 0 Å². The average Bonchev–Trinajstić information content (AvgIpc) is 3.13. The van der Waals surface area contributed by atoms with E-state index in [-0.39, 0.29) is 11.0 Å². The van der Waals surface area contributed by atoms with Crippen molar-refractivity contribution in [2.45, 2.75) is 11.7 Å². The fraction of sp³-hybridized carbons (Fsp3) is 0.0870. The van der Waals surface area contributed by atoms with E-state index in [0.29, 0.717) is 0 Å². The van der Waals surface area contributed by atoms with Crippen molar-refractivity contribution in [2.24, 2.45) is 0 Å². The molecule has 3 aromatic rings. The third-order valence-corrected chi connectivity index (χ3v) is 6.34. The summed E-state index contributed by atoms with van der Waals surface area (Å²) < 4.78 is 0.971. The molecule has 0 fully saturated rings. The highest BCUT2D eigenvalue weighted by Crippen LogP contribution is 2.48. The monoisotopic (exact) mass is 435 g/mol. The molecule has 3 aromatic carbocycles. The Morgan fingerprint density at radius 1 is 0.889 bits per heavy atom. The molecule has 4 heteroatoms. The topological polar surface area (TPSA) is 29.1 Å². The molecule has 0 saturated heterocycles. The molecule has 0 radical (unpaired) electrons. The van der Waals surface area contributed by atoms with Gasteiger partial charge in [0.05, 0.1) is 5.03 Å². The van der Waals surface area contributed by atoms with Gasteiger partial charge < -0.3 is 5.32 Å². The highest BCUT2D eigenvalue weighted by atomic mass is 79.9. The van der Waals surface area contributed by atoms with Gasteiger partial charge >= 0.3 is 0 Å². The lowest BCUT2D eigenvalue weighted by Crippen LogP contribution is -2.07. The molecule has 0 aromatic heterocycles. The molecule has 0 amide bonds. The van der Waals surface area contributed by atoms with Gasteiger partial charge in [0.2, 0.25) is 0 Å². The molecule has 27 heavy (non-hydrogen) atoms. The first kappa shape index (κ1) is 18.1. The van der Waals surface area contributed by atoms with Crippen LogP contribution in [0.25, 0.3) is 0 Å². The van der Waals surface area contributed by atoms with Crippen LogP contribution in [0.2, 0.25) is 0 Å². The van der Waals surface area contributed by atoms with E-state index in [1.807, 2.05) is 60.7 Å². The van der Waals surface area contributed by atoms with Crippen molar-refractivity contribution in [3.63, 3.8) is 0 Å². The van der Waals surface area contributed by atoms with Gasteiger partial charge in [-0.15, -0.1) is 0 Å². The van der Waals surface area contributed by atoms with E-state index in [1.54, 1.807) is 11.8 Å². The number of allylic oxidation sites excluding steroid dienone is 1. The number of anilines is 1. The Labute approximate surface area is 171 Å². The fourth-order valence-electron chi connectivity index (χ4n) is 3.12. The van der Waals surface area contributed by atoms with E-state index in [9.17, 15) is 4.79 Å². The first-order valence-corrected chi connectivity index (χ1v) is 10.4. The average molecular weight is 436 g/mol. The Hall–Kier alpha value is -2.30. The van der Waals surface area contributed by atoms with Crippen LogP contribution in [0.5, 0.6) is 0 Å². The van der Waals surface area contributed by atoms with Crippen LogP contribution in [-0.4, -0.2) is 5.78 Å².